The van der Waals surface area contributed by atoms with E-state index in [1.165, 1.54) is 24.3 Å². The highest BCUT2D eigenvalue weighted by atomic mass is 79.9. The monoisotopic (exact) mass is 550 g/mol. The number of aromatic nitrogens is 1. The first-order valence-corrected chi connectivity index (χ1v) is 12.8. The normalized spacial score (nSPS) is 14.2. The number of ether oxygens (including phenoxy) is 1. The fourth-order valence-electron chi connectivity index (χ4n) is 4.02. The van der Waals surface area contributed by atoms with Crippen molar-refractivity contribution in [1.29, 1.82) is 5.41 Å². The van der Waals surface area contributed by atoms with Crippen LogP contribution >= 0.6 is 15.9 Å². The summed E-state index contributed by atoms with van der Waals surface area (Å²) in [6, 6.07) is 7.26. The van der Waals surface area contributed by atoms with E-state index in [9.17, 15) is 18.8 Å². The molecule has 1 atom stereocenters. The van der Waals surface area contributed by atoms with Crippen LogP contribution in [0.3, 0.4) is 0 Å². The summed E-state index contributed by atoms with van der Waals surface area (Å²) in [6.07, 6.45) is 1.78. The van der Waals surface area contributed by atoms with E-state index >= 15 is 0 Å². The Bertz CT molecular complexity index is 1260. The van der Waals surface area contributed by atoms with Crippen molar-refractivity contribution < 1.29 is 23.6 Å². The van der Waals surface area contributed by atoms with Crippen molar-refractivity contribution in [2.75, 3.05) is 6.61 Å². The van der Waals surface area contributed by atoms with Crippen LogP contribution in [-0.2, 0) is 28.2 Å². The fraction of sp³-hybridized carbons (Fsp3) is 0.304. The van der Waals surface area contributed by atoms with Gasteiger partial charge in [-0.25, -0.2) is 9.18 Å². The molecule has 2 aromatic carbocycles. The minimum Gasteiger partial charge on any atom is -0.611 e. The topological polar surface area (TPSA) is 136 Å². The van der Waals surface area contributed by atoms with Gasteiger partial charge in [0.25, 0.3) is 0 Å². The lowest BCUT2D eigenvalue weighted by Gasteiger charge is -2.15. The molecule has 3 aromatic rings. The van der Waals surface area contributed by atoms with Crippen LogP contribution in [0.1, 0.15) is 47.4 Å². The Morgan fingerprint density at radius 2 is 2.09 bits per heavy atom. The average Bonchev–Trinajstić information content (AvgIpc) is 3.57. The van der Waals surface area contributed by atoms with Crippen LogP contribution in [0.25, 0.3) is 10.9 Å². The summed E-state index contributed by atoms with van der Waals surface area (Å²) in [4.78, 5) is 13.7. The van der Waals surface area contributed by atoms with Gasteiger partial charge in [-0.2, -0.15) is 0 Å². The molecule has 1 fully saturated rings. The van der Waals surface area contributed by atoms with E-state index in [2.05, 4.69) is 21.2 Å². The number of rotatable bonds is 8. The third kappa shape index (κ3) is 4.73. The molecule has 0 amide bonds. The van der Waals surface area contributed by atoms with Gasteiger partial charge in [-0.05, 0) is 77.2 Å². The van der Waals surface area contributed by atoms with Gasteiger partial charge >= 0.3 is 5.97 Å². The van der Waals surface area contributed by atoms with Crippen molar-refractivity contribution in [3.05, 3.63) is 57.4 Å². The summed E-state index contributed by atoms with van der Waals surface area (Å²) in [6.45, 7) is 1.83. The van der Waals surface area contributed by atoms with Crippen molar-refractivity contribution in [2.24, 2.45) is 5.73 Å². The Morgan fingerprint density at radius 1 is 1.41 bits per heavy atom. The van der Waals surface area contributed by atoms with Gasteiger partial charge in [-0.1, -0.05) is 0 Å². The van der Waals surface area contributed by atoms with Crippen LogP contribution in [0, 0.1) is 11.2 Å². The first kappa shape index (κ1) is 24.4. The van der Waals surface area contributed by atoms with Crippen LogP contribution in [0.2, 0.25) is 0 Å². The van der Waals surface area contributed by atoms with Crippen molar-refractivity contribution in [2.45, 2.75) is 43.0 Å². The highest BCUT2D eigenvalue weighted by molar-refractivity contribution is 9.10. The molecule has 0 radical (unpaired) electrons. The number of guanidine groups is 1. The zero-order valence-electron chi connectivity index (χ0n) is 18.4. The number of nitrogens with zero attached hydrogens (tertiary/aromatic N) is 1. The van der Waals surface area contributed by atoms with Gasteiger partial charge in [0.05, 0.1) is 27.9 Å². The molecule has 1 aliphatic carbocycles. The Labute approximate surface area is 207 Å². The second-order valence-electron chi connectivity index (χ2n) is 7.93. The minimum atomic E-state index is -1.57. The molecule has 1 unspecified atom stereocenters. The maximum Gasteiger partial charge on any atom is 0.340 e. The average molecular weight is 551 g/mol. The van der Waals surface area contributed by atoms with Crippen molar-refractivity contribution in [3.63, 3.8) is 0 Å². The Kier molecular flexibility index (Phi) is 7.06. The third-order valence-electron chi connectivity index (χ3n) is 5.61. The molecule has 5 N–H and O–H groups in total. The van der Waals surface area contributed by atoms with E-state index in [1.807, 2.05) is 4.57 Å². The van der Waals surface area contributed by atoms with Gasteiger partial charge in [0.2, 0.25) is 0 Å². The summed E-state index contributed by atoms with van der Waals surface area (Å²) in [5, 5.41) is 21.5. The quantitative estimate of drug-likeness (QED) is 0.144. The number of hydrogen-bond donors (Lipinski definition) is 4. The zero-order valence-corrected chi connectivity index (χ0v) is 20.8. The molecule has 11 heteroatoms. The number of benzene rings is 2. The van der Waals surface area contributed by atoms with Crippen LogP contribution in [-0.4, -0.2) is 32.8 Å². The molecule has 0 bridgehead atoms. The Hall–Kier alpha value is -2.76. The van der Waals surface area contributed by atoms with E-state index in [-0.39, 0.29) is 42.2 Å². The zero-order chi connectivity index (χ0) is 24.6. The van der Waals surface area contributed by atoms with Crippen molar-refractivity contribution in [1.82, 2.24) is 9.88 Å². The molecular weight excluding hydrogens is 527 g/mol. The van der Waals surface area contributed by atoms with Crippen molar-refractivity contribution >= 4 is 49.9 Å². The number of nitrogens with two attached hydrogens (primary N) is 1. The van der Waals surface area contributed by atoms with Crippen molar-refractivity contribution in [3.8, 4) is 5.75 Å². The maximum atomic E-state index is 13.4. The number of nitrogens with one attached hydrogen (secondary N) is 2. The van der Waals surface area contributed by atoms with Gasteiger partial charge in [0, 0.05) is 23.5 Å². The molecule has 1 heterocycles. The lowest BCUT2D eigenvalue weighted by molar-refractivity contribution is 0.0527. The molecular formula is C23H24BrFN4O4S. The number of carbonyl (C=O) groups excluding carboxylic acids is 1. The Balaban J connectivity index is 1.95. The molecule has 0 aliphatic heterocycles. The molecule has 180 valence electrons. The van der Waals surface area contributed by atoms with Crippen LogP contribution < -0.4 is 11.1 Å². The molecule has 1 saturated carbocycles. The first-order chi connectivity index (χ1) is 16.2. The minimum absolute atomic E-state index is 0.00131. The van der Waals surface area contributed by atoms with Gasteiger partial charge in [-0.15, -0.1) is 0 Å². The van der Waals surface area contributed by atoms with Crippen LogP contribution in [0.5, 0.6) is 5.75 Å². The number of halogens is 2. The number of fused-ring (bicyclic) bond motifs is 1. The largest absolute Gasteiger partial charge is 0.611 e. The molecule has 34 heavy (non-hydrogen) atoms. The van der Waals surface area contributed by atoms with Gasteiger partial charge in [0.1, 0.15) is 11.6 Å². The highest BCUT2D eigenvalue weighted by Gasteiger charge is 2.36. The van der Waals surface area contributed by atoms with Crippen LogP contribution in [0.4, 0.5) is 4.39 Å². The maximum absolute atomic E-state index is 13.4. The number of carbonyl (C=O) groups is 1. The first-order valence-electron chi connectivity index (χ1n) is 10.7. The van der Waals surface area contributed by atoms with Crippen LogP contribution in [0.15, 0.2) is 39.7 Å². The third-order valence-corrected chi connectivity index (χ3v) is 7.55. The summed E-state index contributed by atoms with van der Waals surface area (Å²) < 4.78 is 34.4. The standard InChI is InChI=1S/C23H24BrFN4O4S/c1-2-33-22(31)20-18(11-34(32)14-7-3-12(25)4-8-14)29(13-5-6-13)17-9-16(24)21(30)15(19(17)20)10-28-23(26)27/h3-4,7-9,13,30H,2,5-6,10-11H2,1H3,(H4,26,27,28). The second-order valence-corrected chi connectivity index (χ2v) is 10.2. The second kappa shape index (κ2) is 9.85. The summed E-state index contributed by atoms with van der Waals surface area (Å²) >= 11 is 1.82. The van der Waals surface area contributed by atoms with E-state index in [1.54, 1.807) is 13.0 Å². The SMILES string of the molecule is CCOC(=O)c1c(C[S+]([O-])c2ccc(F)cc2)n(C2CC2)c2cc(Br)c(O)c(CNC(=N)N)c12. The van der Waals surface area contributed by atoms with Gasteiger partial charge < -0.3 is 30.0 Å². The fourth-order valence-corrected chi connectivity index (χ4v) is 5.62. The number of aromatic hydroxyl groups is 1. The molecule has 4 rings (SSSR count). The van der Waals surface area contributed by atoms with E-state index in [0.717, 1.165) is 12.8 Å². The smallest absolute Gasteiger partial charge is 0.340 e. The lowest BCUT2D eigenvalue weighted by Crippen LogP contribution is -2.29. The number of phenols is 1. The van der Waals surface area contributed by atoms with E-state index < -0.39 is 23.0 Å². The predicted molar refractivity (Wildman–Crippen MR) is 131 cm³/mol. The predicted octanol–water partition coefficient (Wildman–Crippen LogP) is 4.05. The molecule has 0 spiro atoms. The molecule has 1 aliphatic rings. The number of esters is 1. The summed E-state index contributed by atoms with van der Waals surface area (Å²) in [5.41, 5.74) is 7.27. The van der Waals surface area contributed by atoms with E-state index in [0.29, 0.717) is 31.5 Å². The highest BCUT2D eigenvalue weighted by Crippen LogP contribution is 2.46. The van der Waals surface area contributed by atoms with Gasteiger partial charge in [0.15, 0.2) is 16.6 Å². The lowest BCUT2D eigenvalue weighted by atomic mass is 10.0. The summed E-state index contributed by atoms with van der Waals surface area (Å²) in [5.74, 6) is -1.40. The number of phenolic OH excluding ortho intramolecular Hbond substituents is 1. The Morgan fingerprint density at radius 3 is 2.68 bits per heavy atom. The summed E-state index contributed by atoms with van der Waals surface area (Å²) in [7, 11) is 0. The number of hydrogen-bond acceptors (Lipinski definition) is 5. The molecule has 8 nitrogen and oxygen atoms in total. The van der Waals surface area contributed by atoms with Gasteiger partial charge in [-0.3, -0.25) is 5.41 Å². The van der Waals surface area contributed by atoms with E-state index in [4.69, 9.17) is 15.9 Å². The molecule has 0 saturated heterocycles. The molecule has 1 aromatic heterocycles.